The third-order valence-corrected chi connectivity index (χ3v) is 7.27. The molecule has 2 aliphatic heterocycles. The van der Waals surface area contributed by atoms with E-state index >= 15 is 0 Å². The lowest BCUT2D eigenvalue weighted by molar-refractivity contribution is -0.134. The van der Waals surface area contributed by atoms with Crippen molar-refractivity contribution < 1.29 is 28.9 Å². The van der Waals surface area contributed by atoms with Crippen LogP contribution in [0.4, 0.5) is 0 Å². The van der Waals surface area contributed by atoms with Crippen LogP contribution in [-0.4, -0.2) is 69.1 Å². The minimum atomic E-state index is -0.833. The van der Waals surface area contributed by atoms with Gasteiger partial charge in [0, 0.05) is 20.1 Å². The highest BCUT2D eigenvalue weighted by atomic mass is 16.7. The molecule has 1 fully saturated rings. The third kappa shape index (κ3) is 21.4. The van der Waals surface area contributed by atoms with Crippen molar-refractivity contribution in [3.8, 4) is 11.5 Å². The fourth-order valence-corrected chi connectivity index (χ4v) is 4.84. The summed E-state index contributed by atoms with van der Waals surface area (Å²) in [4.78, 5) is 20.8. The lowest BCUT2D eigenvalue weighted by atomic mass is 9.85. The first-order valence-corrected chi connectivity index (χ1v) is 16.2. The Balaban J connectivity index is 0.000000694. The summed E-state index contributed by atoms with van der Waals surface area (Å²) in [5.41, 5.74) is 1.38. The Hall–Kier alpha value is -2.32. The molecular formula is C34H62N2O6. The molecule has 2 N–H and O–H groups in total. The summed E-state index contributed by atoms with van der Waals surface area (Å²) in [6, 6.07) is 6.43. The van der Waals surface area contributed by atoms with Gasteiger partial charge in [0.2, 0.25) is 13.2 Å². The molecule has 3 atom stereocenters. The number of rotatable bonds is 16. The molecule has 2 aliphatic rings. The quantitative estimate of drug-likeness (QED) is 0.150. The van der Waals surface area contributed by atoms with Crippen molar-refractivity contribution in [3.05, 3.63) is 23.8 Å². The van der Waals surface area contributed by atoms with E-state index in [1.807, 2.05) is 0 Å². The van der Waals surface area contributed by atoms with Gasteiger partial charge in [0.15, 0.2) is 11.5 Å². The number of fused-ring (bicyclic) bond motifs is 1. The van der Waals surface area contributed by atoms with E-state index in [4.69, 9.17) is 24.1 Å². The number of hydrogen-bond acceptors (Lipinski definition) is 6. The van der Waals surface area contributed by atoms with Crippen molar-refractivity contribution in [3.63, 3.8) is 0 Å². The molecule has 0 spiro atoms. The van der Waals surface area contributed by atoms with Crippen LogP contribution in [-0.2, 0) is 14.3 Å². The van der Waals surface area contributed by atoms with Crippen LogP contribution in [0.15, 0.2) is 18.2 Å². The standard InChI is InChI=1S/C19H28O3.C8H19N.C5H11NO.C2H4O2/c1-3-15(11-14(2)6-8-17-5-4-10-20-17)16-7-9-18-19(12-16)22-13-21-18;1-4-5-6-7-8-9(2)3;1-2-3-4-6-5-7;1-2(3)4/h7,9,12,14-15,17H,3-6,8,10-11,13H2,1-2H3;4-8H2,1-3H3;5H,2-4H2,1H3,(H,6,7);1H3,(H,3,4). The van der Waals surface area contributed by atoms with Crippen LogP contribution in [0.1, 0.15) is 123 Å². The lowest BCUT2D eigenvalue weighted by Gasteiger charge is -2.21. The monoisotopic (exact) mass is 594 g/mol. The van der Waals surface area contributed by atoms with Crippen LogP contribution in [0, 0.1) is 5.92 Å². The lowest BCUT2D eigenvalue weighted by Crippen LogP contribution is -2.12. The van der Waals surface area contributed by atoms with Gasteiger partial charge in [0.25, 0.3) is 5.97 Å². The van der Waals surface area contributed by atoms with E-state index in [0.29, 0.717) is 18.8 Å². The Morgan fingerprint density at radius 2 is 1.79 bits per heavy atom. The number of amides is 1. The number of unbranched alkanes of at least 4 members (excludes halogenated alkanes) is 4. The second kappa shape index (κ2) is 26.3. The van der Waals surface area contributed by atoms with E-state index in [0.717, 1.165) is 56.7 Å². The van der Waals surface area contributed by atoms with Gasteiger partial charge in [-0.05, 0) is 102 Å². The van der Waals surface area contributed by atoms with E-state index in [1.165, 1.54) is 76.3 Å². The summed E-state index contributed by atoms with van der Waals surface area (Å²) in [6.45, 7) is 13.5. The molecule has 8 heteroatoms. The van der Waals surface area contributed by atoms with E-state index in [2.05, 4.69) is 70.2 Å². The van der Waals surface area contributed by atoms with Crippen molar-refractivity contribution in [1.29, 1.82) is 0 Å². The maximum absolute atomic E-state index is 9.57. The number of benzene rings is 1. The van der Waals surface area contributed by atoms with Gasteiger partial charge in [0.05, 0.1) is 6.10 Å². The maximum Gasteiger partial charge on any atom is 0.300 e. The minimum absolute atomic E-state index is 0.355. The predicted molar refractivity (Wildman–Crippen MR) is 173 cm³/mol. The average molecular weight is 595 g/mol. The first-order chi connectivity index (χ1) is 20.2. The molecule has 8 nitrogen and oxygen atoms in total. The molecule has 0 aliphatic carbocycles. The second-order valence-corrected chi connectivity index (χ2v) is 11.6. The Morgan fingerprint density at radius 3 is 2.36 bits per heavy atom. The molecule has 0 aromatic heterocycles. The van der Waals surface area contributed by atoms with Crippen LogP contribution < -0.4 is 14.8 Å². The Bertz CT molecular complexity index is 794. The topological polar surface area (TPSA) is 97.3 Å². The van der Waals surface area contributed by atoms with Crippen LogP contribution in [0.3, 0.4) is 0 Å². The smallest absolute Gasteiger partial charge is 0.300 e. The van der Waals surface area contributed by atoms with Crippen LogP contribution >= 0.6 is 0 Å². The number of carbonyl (C=O) groups is 2. The van der Waals surface area contributed by atoms with E-state index in [-0.39, 0.29) is 0 Å². The van der Waals surface area contributed by atoms with Crippen LogP contribution in [0.5, 0.6) is 11.5 Å². The highest BCUT2D eigenvalue weighted by molar-refractivity contribution is 5.62. The summed E-state index contributed by atoms with van der Waals surface area (Å²) in [6.07, 6.45) is 16.4. The zero-order valence-electron chi connectivity index (χ0n) is 27.8. The first kappa shape index (κ1) is 39.7. The number of aliphatic carboxylic acids is 1. The highest BCUT2D eigenvalue weighted by Crippen LogP contribution is 2.37. The number of ether oxygens (including phenoxy) is 3. The van der Waals surface area contributed by atoms with Gasteiger partial charge in [0.1, 0.15) is 0 Å². The van der Waals surface area contributed by atoms with Gasteiger partial charge in [-0.25, -0.2) is 0 Å². The van der Waals surface area contributed by atoms with E-state index in [1.54, 1.807) is 0 Å². The summed E-state index contributed by atoms with van der Waals surface area (Å²) < 4.78 is 16.7. The molecule has 1 aromatic carbocycles. The summed E-state index contributed by atoms with van der Waals surface area (Å²) in [5.74, 6) is 2.29. The second-order valence-electron chi connectivity index (χ2n) is 11.6. The van der Waals surface area contributed by atoms with Crippen LogP contribution in [0.2, 0.25) is 0 Å². The van der Waals surface area contributed by atoms with Crippen LogP contribution in [0.25, 0.3) is 0 Å². The van der Waals surface area contributed by atoms with E-state index < -0.39 is 5.97 Å². The molecule has 1 aromatic rings. The Labute approximate surface area is 256 Å². The summed E-state index contributed by atoms with van der Waals surface area (Å²) in [5, 5.41) is 9.99. The number of carboxylic acids is 1. The number of hydrogen-bond donors (Lipinski definition) is 2. The molecule has 0 radical (unpaired) electrons. The molecule has 2 heterocycles. The zero-order valence-corrected chi connectivity index (χ0v) is 27.8. The largest absolute Gasteiger partial charge is 0.481 e. The fourth-order valence-electron chi connectivity index (χ4n) is 4.84. The fraction of sp³-hybridized carbons (Fsp3) is 0.765. The molecule has 0 bridgehead atoms. The minimum Gasteiger partial charge on any atom is -0.481 e. The van der Waals surface area contributed by atoms with Crippen molar-refractivity contribution in [1.82, 2.24) is 10.2 Å². The highest BCUT2D eigenvalue weighted by Gasteiger charge is 2.21. The number of carboxylic acid groups (broad SMARTS) is 1. The van der Waals surface area contributed by atoms with Gasteiger partial charge in [-0.15, -0.1) is 0 Å². The maximum atomic E-state index is 9.57. The molecule has 1 saturated heterocycles. The number of nitrogens with one attached hydrogen (secondary N) is 1. The third-order valence-electron chi connectivity index (χ3n) is 7.27. The van der Waals surface area contributed by atoms with Gasteiger partial charge in [-0.2, -0.15) is 0 Å². The molecule has 0 saturated carbocycles. The molecule has 42 heavy (non-hydrogen) atoms. The normalized spacial score (nSPS) is 16.1. The Morgan fingerprint density at radius 1 is 1.10 bits per heavy atom. The van der Waals surface area contributed by atoms with E-state index in [9.17, 15) is 4.79 Å². The molecule has 3 unspecified atom stereocenters. The molecular weight excluding hydrogens is 532 g/mol. The first-order valence-electron chi connectivity index (χ1n) is 16.2. The van der Waals surface area contributed by atoms with Gasteiger partial charge < -0.3 is 29.5 Å². The van der Waals surface area contributed by atoms with Crippen molar-refractivity contribution in [2.45, 2.75) is 124 Å². The summed E-state index contributed by atoms with van der Waals surface area (Å²) in [7, 11) is 4.26. The Kier molecular flexibility index (Phi) is 24.9. The zero-order chi connectivity index (χ0) is 31.6. The van der Waals surface area contributed by atoms with Crippen molar-refractivity contribution in [2.24, 2.45) is 5.92 Å². The summed E-state index contributed by atoms with van der Waals surface area (Å²) >= 11 is 0. The number of nitrogens with zero attached hydrogens (tertiary/aromatic N) is 1. The SMILES string of the molecule is CC(=O)O.CCC(CC(C)CCC1CCCO1)c1ccc2c(c1)OCO2.CCCCCCN(C)C.CCCCNC=O. The molecule has 3 rings (SSSR count). The van der Waals surface area contributed by atoms with Crippen molar-refractivity contribution >= 4 is 12.4 Å². The molecule has 244 valence electrons. The van der Waals surface area contributed by atoms with Crippen molar-refractivity contribution in [2.75, 3.05) is 40.6 Å². The molecule has 1 amide bonds. The van der Waals surface area contributed by atoms with Gasteiger partial charge >= 0.3 is 0 Å². The number of carbonyl (C=O) groups excluding carboxylic acids is 1. The van der Waals surface area contributed by atoms with Gasteiger partial charge in [-0.1, -0.05) is 59.4 Å². The average Bonchev–Trinajstić information content (AvgIpc) is 3.65. The predicted octanol–water partition coefficient (Wildman–Crippen LogP) is 7.65. The van der Waals surface area contributed by atoms with Gasteiger partial charge in [-0.3, -0.25) is 9.59 Å².